The molecule has 0 N–H and O–H groups in total. The fraction of sp³-hybridized carbons (Fsp3) is 0. The molecule has 7 heavy (non-hydrogen) atoms. The average molecular weight is 87.1 g/mol. The van der Waals surface area contributed by atoms with Crippen LogP contribution in [0.3, 0.4) is 0 Å². The third-order valence-electron chi connectivity index (χ3n) is 0.733. The van der Waals surface area contributed by atoms with Crippen molar-refractivity contribution in [3.8, 4) is 5.92 Å². The van der Waals surface area contributed by atoms with Gasteiger partial charge < -0.3 is 6.42 Å². The van der Waals surface area contributed by atoms with Crippen LogP contribution in [0.2, 0.25) is 0 Å². The van der Waals surface area contributed by atoms with E-state index in [1.54, 1.807) is 12.2 Å². The van der Waals surface area contributed by atoms with E-state index < -0.39 is 0 Å². The molecule has 32 valence electrons. The van der Waals surface area contributed by atoms with E-state index in [9.17, 15) is 0 Å². The molecular weight excluding hydrogens is 84.1 g/mol. The molecule has 0 radical (unpaired) electrons. The van der Waals surface area contributed by atoms with E-state index >= 15 is 0 Å². The highest BCUT2D eigenvalue weighted by molar-refractivity contribution is 5.39. The molecule has 0 bridgehead atoms. The van der Waals surface area contributed by atoms with E-state index in [1.165, 1.54) is 0 Å². The van der Waals surface area contributed by atoms with Gasteiger partial charge in [-0.2, -0.15) is 0 Å². The highest BCUT2D eigenvalue weighted by atomic mass is 13.8. The predicted octanol–water partition coefficient (Wildman–Crippen LogP) is 1.23. The summed E-state index contributed by atoms with van der Waals surface area (Å²) >= 11 is 0. The summed E-state index contributed by atoms with van der Waals surface area (Å²) in [5, 5.41) is 0. The first-order valence-corrected chi connectivity index (χ1v) is 1.99. The van der Waals surface area contributed by atoms with Gasteiger partial charge in [0.15, 0.2) is 0 Å². The fourth-order valence-electron chi connectivity index (χ4n) is 0.408. The van der Waals surface area contributed by atoms with E-state index in [0.29, 0.717) is 0 Å². The van der Waals surface area contributed by atoms with Gasteiger partial charge in [0, 0.05) is 0 Å². The molecule has 1 rings (SSSR count). The van der Waals surface area contributed by atoms with Gasteiger partial charge in [-0.25, -0.2) is 5.73 Å². The second-order valence-corrected chi connectivity index (χ2v) is 1.21. The molecule has 0 fully saturated rings. The average Bonchev–Trinajstić information content (AvgIpc) is 2.14. The Balaban J connectivity index is 2.99. The summed E-state index contributed by atoms with van der Waals surface area (Å²) in [4.78, 5) is 0. The second-order valence-electron chi connectivity index (χ2n) is 1.21. The van der Waals surface area contributed by atoms with Crippen molar-refractivity contribution in [3.05, 3.63) is 36.0 Å². The van der Waals surface area contributed by atoms with Crippen LogP contribution in [-0.4, -0.2) is 0 Å². The van der Waals surface area contributed by atoms with E-state index in [2.05, 4.69) is 11.7 Å². The highest BCUT2D eigenvalue weighted by Gasteiger charge is 1.71. The Morgan fingerprint density at radius 1 is 1.71 bits per heavy atom. The standard InChI is InChI=1S/C7H3/c1-2-7-5-3-4-6-7/h3-5H/q-1. The summed E-state index contributed by atoms with van der Waals surface area (Å²) in [7, 11) is 0. The Labute approximate surface area is 42.9 Å². The van der Waals surface area contributed by atoms with Crippen LogP contribution in [0.25, 0.3) is 0 Å². The Morgan fingerprint density at radius 2 is 2.57 bits per heavy atom. The van der Waals surface area contributed by atoms with Gasteiger partial charge in [-0.3, -0.25) is 5.92 Å². The predicted molar refractivity (Wildman–Crippen MR) is 27.9 cm³/mol. The zero-order valence-corrected chi connectivity index (χ0v) is 3.73. The first-order valence-electron chi connectivity index (χ1n) is 1.99. The van der Waals surface area contributed by atoms with Crippen molar-refractivity contribution >= 4 is 0 Å². The summed E-state index contributed by atoms with van der Waals surface area (Å²) < 4.78 is 0. The van der Waals surface area contributed by atoms with Crippen LogP contribution in [0.5, 0.6) is 0 Å². The lowest BCUT2D eigenvalue weighted by atomic mass is 10.3. The molecule has 0 nitrogen and oxygen atoms in total. The summed E-state index contributed by atoms with van der Waals surface area (Å²) in [6, 6.07) is 0. The Bertz CT molecular complexity index is 193. The van der Waals surface area contributed by atoms with Crippen LogP contribution in [0, 0.1) is 12.3 Å². The van der Waals surface area contributed by atoms with Crippen molar-refractivity contribution in [3.63, 3.8) is 0 Å². The Morgan fingerprint density at radius 3 is 2.86 bits per heavy atom. The molecule has 0 saturated heterocycles. The highest BCUT2D eigenvalue weighted by Crippen LogP contribution is 1.97. The molecule has 0 amide bonds. The van der Waals surface area contributed by atoms with Gasteiger partial charge >= 0.3 is 0 Å². The van der Waals surface area contributed by atoms with Crippen LogP contribution in [0.4, 0.5) is 0 Å². The molecule has 0 aromatic carbocycles. The Hall–Kier alpha value is -1.18. The van der Waals surface area contributed by atoms with Gasteiger partial charge in [0.25, 0.3) is 0 Å². The zero-order chi connectivity index (χ0) is 5.11. The van der Waals surface area contributed by atoms with E-state index in [0.717, 1.165) is 5.57 Å². The summed E-state index contributed by atoms with van der Waals surface area (Å²) in [5.74, 6) is 2.20. The minimum absolute atomic E-state index is 0.722. The van der Waals surface area contributed by atoms with Crippen molar-refractivity contribution in [1.29, 1.82) is 0 Å². The SMILES string of the molecule is [C-]#CC1=C=CC=C1. The maximum atomic E-state index is 6.58. The van der Waals surface area contributed by atoms with Gasteiger partial charge in [0.05, 0.1) is 0 Å². The van der Waals surface area contributed by atoms with E-state index in [-0.39, 0.29) is 0 Å². The lowest BCUT2D eigenvalue weighted by Crippen LogP contribution is -1.57. The molecule has 0 atom stereocenters. The monoisotopic (exact) mass is 87.0 g/mol. The molecule has 0 heteroatoms. The van der Waals surface area contributed by atoms with Gasteiger partial charge in [0.1, 0.15) is 0 Å². The third-order valence-corrected chi connectivity index (χ3v) is 0.733. The van der Waals surface area contributed by atoms with Crippen LogP contribution in [0.1, 0.15) is 0 Å². The summed E-state index contributed by atoms with van der Waals surface area (Å²) in [6.07, 6.45) is 12.0. The number of allylic oxidation sites excluding steroid dienone is 3. The van der Waals surface area contributed by atoms with Gasteiger partial charge in [-0.1, -0.05) is 11.6 Å². The molecular formula is C7H3-. The minimum Gasteiger partial charge on any atom is -0.365 e. The summed E-state index contributed by atoms with van der Waals surface area (Å²) in [5.41, 5.74) is 3.51. The lowest BCUT2D eigenvalue weighted by Gasteiger charge is -1.84. The molecule has 0 unspecified atom stereocenters. The minimum atomic E-state index is 0.722. The van der Waals surface area contributed by atoms with E-state index in [1.807, 2.05) is 6.08 Å². The largest absolute Gasteiger partial charge is 0.365 e. The molecule has 0 heterocycles. The van der Waals surface area contributed by atoms with Gasteiger partial charge in [-0.15, -0.1) is 6.08 Å². The van der Waals surface area contributed by atoms with Crippen molar-refractivity contribution in [1.82, 2.24) is 0 Å². The van der Waals surface area contributed by atoms with Crippen LogP contribution < -0.4 is 0 Å². The van der Waals surface area contributed by atoms with Crippen molar-refractivity contribution in [2.75, 3.05) is 0 Å². The van der Waals surface area contributed by atoms with Gasteiger partial charge in [-0.05, 0) is 6.08 Å². The van der Waals surface area contributed by atoms with Crippen molar-refractivity contribution in [2.24, 2.45) is 0 Å². The third kappa shape index (κ3) is 0.627. The smallest absolute Gasteiger partial charge is 0.0397 e. The molecule has 0 spiro atoms. The second kappa shape index (κ2) is 1.51. The Kier molecular flexibility index (Phi) is 0.862. The topological polar surface area (TPSA) is 0 Å². The van der Waals surface area contributed by atoms with Crippen LogP contribution in [-0.2, 0) is 0 Å². The summed E-state index contributed by atoms with van der Waals surface area (Å²) in [6.45, 7) is 0. The van der Waals surface area contributed by atoms with Gasteiger partial charge in [0.2, 0.25) is 0 Å². The molecule has 0 aromatic rings. The normalized spacial score (nSPS) is 13.9. The number of rotatable bonds is 0. The molecule has 0 saturated carbocycles. The fourth-order valence-corrected chi connectivity index (χ4v) is 0.408. The first-order chi connectivity index (χ1) is 3.43. The van der Waals surface area contributed by atoms with Crippen molar-refractivity contribution in [2.45, 2.75) is 0 Å². The maximum Gasteiger partial charge on any atom is -0.0397 e. The quantitative estimate of drug-likeness (QED) is 0.237. The van der Waals surface area contributed by atoms with E-state index in [4.69, 9.17) is 6.42 Å². The van der Waals surface area contributed by atoms with Crippen molar-refractivity contribution < 1.29 is 0 Å². The van der Waals surface area contributed by atoms with Crippen LogP contribution in [0.15, 0.2) is 29.5 Å². The molecule has 0 aliphatic heterocycles. The maximum absolute atomic E-state index is 6.58. The van der Waals surface area contributed by atoms with Crippen LogP contribution >= 0.6 is 0 Å². The molecule has 0 aromatic heterocycles. The first kappa shape index (κ1) is 3.99. The molecule has 1 aliphatic carbocycles. The lowest BCUT2D eigenvalue weighted by molar-refractivity contribution is 1.88. The number of hydrogen-bond acceptors (Lipinski definition) is 0. The zero-order valence-electron chi connectivity index (χ0n) is 3.73. The number of hydrogen-bond donors (Lipinski definition) is 0. The molecule has 1 aliphatic rings.